The van der Waals surface area contributed by atoms with Gasteiger partial charge in [-0.05, 0) is 42.7 Å². The van der Waals surface area contributed by atoms with Gasteiger partial charge in [0.15, 0.2) is 0 Å². The highest BCUT2D eigenvalue weighted by Crippen LogP contribution is 2.44. The Morgan fingerprint density at radius 3 is 2.33 bits per heavy atom. The van der Waals surface area contributed by atoms with Gasteiger partial charge in [-0.2, -0.15) is 0 Å². The molecule has 0 saturated heterocycles. The number of carbonyl (C=O) groups excluding carboxylic acids is 2. The van der Waals surface area contributed by atoms with Gasteiger partial charge in [0.05, 0.1) is 16.0 Å². The summed E-state index contributed by atoms with van der Waals surface area (Å²) in [7, 11) is 0. The first kappa shape index (κ1) is 16.8. The van der Waals surface area contributed by atoms with Crippen LogP contribution in [0.1, 0.15) is 35.2 Å². The van der Waals surface area contributed by atoms with E-state index in [9.17, 15) is 9.59 Å². The minimum Gasteiger partial charge on any atom is -0.272 e. The Bertz CT molecular complexity index is 788. The maximum Gasteiger partial charge on any atom is 0.271 e. The Morgan fingerprint density at radius 2 is 1.71 bits per heavy atom. The maximum absolute atomic E-state index is 12.7. The van der Waals surface area contributed by atoms with Crippen LogP contribution in [0.2, 0.25) is 10.0 Å². The molecule has 1 saturated carbocycles. The Kier molecular flexibility index (Phi) is 4.78. The largest absolute Gasteiger partial charge is 0.272 e. The minimum absolute atomic E-state index is 0.239. The van der Waals surface area contributed by atoms with Crippen molar-refractivity contribution in [2.45, 2.75) is 24.7 Å². The Morgan fingerprint density at radius 1 is 0.958 bits per heavy atom. The van der Waals surface area contributed by atoms with Gasteiger partial charge in [0.2, 0.25) is 5.91 Å². The third-order valence-corrected chi connectivity index (χ3v) is 4.99. The molecule has 1 fully saturated rings. The number of carbonyl (C=O) groups is 2. The molecule has 0 unspecified atom stereocenters. The van der Waals surface area contributed by atoms with Crippen LogP contribution in [0.15, 0.2) is 48.5 Å². The van der Waals surface area contributed by atoms with E-state index in [0.29, 0.717) is 15.6 Å². The van der Waals surface area contributed by atoms with Gasteiger partial charge in [0.1, 0.15) is 0 Å². The third-order valence-electron chi connectivity index (χ3n) is 4.43. The van der Waals surface area contributed by atoms with Gasteiger partial charge in [0, 0.05) is 5.02 Å². The lowest BCUT2D eigenvalue weighted by Gasteiger charge is -2.40. The molecule has 2 aromatic carbocycles. The highest BCUT2D eigenvalue weighted by Gasteiger charge is 2.45. The zero-order valence-corrected chi connectivity index (χ0v) is 14.3. The molecule has 3 rings (SSSR count). The van der Waals surface area contributed by atoms with Crippen molar-refractivity contribution in [1.82, 2.24) is 10.9 Å². The van der Waals surface area contributed by atoms with Crippen molar-refractivity contribution >= 4 is 35.0 Å². The standard InChI is InChI=1S/C18H16Cl2N2O2/c19-13-6-3-5-12(11-13)18(9-4-10-18)17(24)22-21-16(23)14-7-1-2-8-15(14)20/h1-3,5-8,11H,4,9-10H2,(H,21,23)(H,22,24). The Hall–Kier alpha value is -2.04. The Labute approximate surface area is 150 Å². The number of benzene rings is 2. The number of halogens is 2. The molecule has 2 amide bonds. The molecule has 1 aliphatic rings. The molecule has 0 atom stereocenters. The predicted octanol–water partition coefficient (Wildman–Crippen LogP) is 3.88. The zero-order chi connectivity index (χ0) is 17.2. The van der Waals surface area contributed by atoms with Crippen LogP contribution in [-0.2, 0) is 10.2 Å². The average molecular weight is 363 g/mol. The predicted molar refractivity (Wildman–Crippen MR) is 94.0 cm³/mol. The van der Waals surface area contributed by atoms with Crippen LogP contribution in [0, 0.1) is 0 Å². The molecule has 4 nitrogen and oxygen atoms in total. The first-order chi connectivity index (χ1) is 11.5. The molecular weight excluding hydrogens is 347 g/mol. The van der Waals surface area contributed by atoms with Crippen molar-refractivity contribution in [2.75, 3.05) is 0 Å². The minimum atomic E-state index is -0.640. The van der Waals surface area contributed by atoms with E-state index in [1.54, 1.807) is 36.4 Å². The summed E-state index contributed by atoms with van der Waals surface area (Å²) >= 11 is 12.0. The van der Waals surface area contributed by atoms with Crippen LogP contribution in [0.4, 0.5) is 0 Å². The van der Waals surface area contributed by atoms with Gasteiger partial charge < -0.3 is 0 Å². The van der Waals surface area contributed by atoms with E-state index in [1.807, 2.05) is 12.1 Å². The highest BCUT2D eigenvalue weighted by atomic mass is 35.5. The number of hydrogen-bond acceptors (Lipinski definition) is 2. The van der Waals surface area contributed by atoms with Gasteiger partial charge in [-0.25, -0.2) is 0 Å². The number of hydrazine groups is 1. The van der Waals surface area contributed by atoms with E-state index >= 15 is 0 Å². The van der Waals surface area contributed by atoms with Gasteiger partial charge in [-0.1, -0.05) is 53.9 Å². The fraction of sp³-hybridized carbons (Fsp3) is 0.222. The zero-order valence-electron chi connectivity index (χ0n) is 12.8. The molecular formula is C18H16Cl2N2O2. The SMILES string of the molecule is O=C(NNC(=O)C1(c2cccc(Cl)c2)CCC1)c1ccccc1Cl. The first-order valence-corrected chi connectivity index (χ1v) is 8.40. The van der Waals surface area contributed by atoms with E-state index in [-0.39, 0.29) is 5.91 Å². The van der Waals surface area contributed by atoms with Gasteiger partial charge in [-0.15, -0.1) is 0 Å². The second-order valence-corrected chi connectivity index (χ2v) is 6.68. The lowest BCUT2D eigenvalue weighted by atomic mass is 9.64. The molecule has 2 N–H and O–H groups in total. The van der Waals surface area contributed by atoms with Crippen LogP contribution in [0.3, 0.4) is 0 Å². The molecule has 24 heavy (non-hydrogen) atoms. The topological polar surface area (TPSA) is 58.2 Å². The molecule has 124 valence electrons. The summed E-state index contributed by atoms with van der Waals surface area (Å²) in [5, 5.41) is 0.920. The fourth-order valence-electron chi connectivity index (χ4n) is 2.91. The number of nitrogens with one attached hydrogen (secondary N) is 2. The molecule has 1 aliphatic carbocycles. The summed E-state index contributed by atoms with van der Waals surface area (Å²) in [6.07, 6.45) is 2.40. The van der Waals surface area contributed by atoms with Crippen LogP contribution >= 0.6 is 23.2 Å². The lowest BCUT2D eigenvalue weighted by Crippen LogP contribution is -2.54. The van der Waals surface area contributed by atoms with Crippen molar-refractivity contribution in [3.63, 3.8) is 0 Å². The summed E-state index contributed by atoms with van der Waals surface area (Å²) in [5.74, 6) is -0.689. The monoisotopic (exact) mass is 362 g/mol. The first-order valence-electron chi connectivity index (χ1n) is 7.64. The van der Waals surface area contributed by atoms with E-state index in [0.717, 1.165) is 24.8 Å². The van der Waals surface area contributed by atoms with Gasteiger partial charge in [-0.3, -0.25) is 20.4 Å². The van der Waals surface area contributed by atoms with Crippen LogP contribution in [-0.4, -0.2) is 11.8 Å². The summed E-state index contributed by atoms with van der Waals surface area (Å²) in [6.45, 7) is 0. The average Bonchev–Trinajstić information content (AvgIpc) is 2.52. The second kappa shape index (κ2) is 6.83. The fourth-order valence-corrected chi connectivity index (χ4v) is 3.32. The molecule has 0 bridgehead atoms. The summed E-state index contributed by atoms with van der Waals surface area (Å²) in [6, 6.07) is 14.0. The molecule has 0 heterocycles. The van der Waals surface area contributed by atoms with Crippen molar-refractivity contribution in [3.05, 3.63) is 69.7 Å². The van der Waals surface area contributed by atoms with Gasteiger partial charge in [0.25, 0.3) is 5.91 Å². The number of hydrogen-bond donors (Lipinski definition) is 2. The Balaban J connectivity index is 1.72. The van der Waals surface area contributed by atoms with Crippen molar-refractivity contribution < 1.29 is 9.59 Å². The van der Waals surface area contributed by atoms with Crippen molar-refractivity contribution in [2.24, 2.45) is 0 Å². The maximum atomic E-state index is 12.7. The van der Waals surface area contributed by atoms with E-state index < -0.39 is 11.3 Å². The summed E-state index contributed by atoms with van der Waals surface area (Å²) in [4.78, 5) is 24.8. The molecule has 0 aliphatic heterocycles. The second-order valence-electron chi connectivity index (χ2n) is 5.83. The molecule has 0 radical (unpaired) electrons. The van der Waals surface area contributed by atoms with Crippen molar-refractivity contribution in [3.8, 4) is 0 Å². The van der Waals surface area contributed by atoms with E-state index in [1.165, 1.54) is 0 Å². The molecule has 6 heteroatoms. The molecule has 2 aromatic rings. The molecule has 0 spiro atoms. The van der Waals surface area contributed by atoms with Crippen molar-refractivity contribution in [1.29, 1.82) is 0 Å². The number of amides is 2. The molecule has 0 aromatic heterocycles. The van der Waals surface area contributed by atoms with E-state index in [2.05, 4.69) is 10.9 Å². The normalized spacial score (nSPS) is 15.2. The van der Waals surface area contributed by atoms with Crippen LogP contribution in [0.25, 0.3) is 0 Å². The quantitative estimate of drug-likeness (QED) is 0.814. The van der Waals surface area contributed by atoms with Gasteiger partial charge >= 0.3 is 0 Å². The van der Waals surface area contributed by atoms with Crippen LogP contribution < -0.4 is 10.9 Å². The third kappa shape index (κ3) is 3.12. The highest BCUT2D eigenvalue weighted by molar-refractivity contribution is 6.33. The van der Waals surface area contributed by atoms with E-state index in [4.69, 9.17) is 23.2 Å². The van der Waals surface area contributed by atoms with Crippen LogP contribution in [0.5, 0.6) is 0 Å². The summed E-state index contributed by atoms with van der Waals surface area (Å²) < 4.78 is 0. The smallest absolute Gasteiger partial charge is 0.271 e. The summed E-state index contributed by atoms with van der Waals surface area (Å²) in [5.41, 5.74) is 5.51. The number of rotatable bonds is 3. The lowest BCUT2D eigenvalue weighted by molar-refractivity contribution is -0.130.